The van der Waals surface area contributed by atoms with Crippen LogP contribution in [-0.4, -0.2) is 61.1 Å². The summed E-state index contributed by atoms with van der Waals surface area (Å²) in [6, 6.07) is 8.49. The van der Waals surface area contributed by atoms with E-state index in [4.69, 9.17) is 0 Å². The van der Waals surface area contributed by atoms with Crippen LogP contribution in [-0.2, 0) is 0 Å². The average molecular weight is 288 g/mol. The van der Waals surface area contributed by atoms with E-state index < -0.39 is 0 Å². The lowest BCUT2D eigenvalue weighted by atomic mass is 10.2. The molecule has 2 saturated heterocycles. The molecule has 3 rings (SSSR count). The summed E-state index contributed by atoms with van der Waals surface area (Å²) in [7, 11) is 0. The number of rotatable bonds is 2. The van der Waals surface area contributed by atoms with Crippen molar-refractivity contribution in [3.05, 3.63) is 29.8 Å². The fourth-order valence-electron chi connectivity index (χ4n) is 3.20. The fraction of sp³-hybridized carbons (Fsp3) is 0.562. The molecule has 2 amide bonds. The van der Waals surface area contributed by atoms with Crippen LogP contribution < -0.4 is 10.6 Å². The quantitative estimate of drug-likeness (QED) is 0.867. The van der Waals surface area contributed by atoms with Crippen LogP contribution in [0.4, 0.5) is 10.5 Å². The minimum absolute atomic E-state index is 0.0261. The van der Waals surface area contributed by atoms with Gasteiger partial charge in [-0.1, -0.05) is 12.1 Å². The van der Waals surface area contributed by atoms with Crippen LogP contribution in [0.2, 0.25) is 0 Å². The zero-order chi connectivity index (χ0) is 14.7. The van der Waals surface area contributed by atoms with E-state index in [1.165, 1.54) is 0 Å². The fourth-order valence-corrected chi connectivity index (χ4v) is 3.20. The van der Waals surface area contributed by atoms with Crippen molar-refractivity contribution in [2.24, 2.45) is 0 Å². The molecule has 0 aliphatic carbocycles. The Morgan fingerprint density at radius 2 is 2.10 bits per heavy atom. The van der Waals surface area contributed by atoms with Crippen molar-refractivity contribution in [3.8, 4) is 0 Å². The molecule has 0 radical (unpaired) electrons. The van der Waals surface area contributed by atoms with E-state index in [0.717, 1.165) is 56.9 Å². The zero-order valence-corrected chi connectivity index (χ0v) is 12.6. The zero-order valence-electron chi connectivity index (χ0n) is 12.6. The Morgan fingerprint density at radius 3 is 2.86 bits per heavy atom. The summed E-state index contributed by atoms with van der Waals surface area (Å²) in [4.78, 5) is 16.8. The van der Waals surface area contributed by atoms with Crippen molar-refractivity contribution in [1.82, 2.24) is 15.1 Å². The molecule has 5 heteroatoms. The molecule has 1 atom stereocenters. The number of hydrogen-bond donors (Lipinski definition) is 2. The van der Waals surface area contributed by atoms with Gasteiger partial charge in [0.15, 0.2) is 0 Å². The van der Waals surface area contributed by atoms with Gasteiger partial charge in [0.1, 0.15) is 0 Å². The summed E-state index contributed by atoms with van der Waals surface area (Å²) in [6.07, 6.45) is 1.08. The van der Waals surface area contributed by atoms with Gasteiger partial charge >= 0.3 is 6.03 Å². The van der Waals surface area contributed by atoms with Crippen molar-refractivity contribution >= 4 is 11.7 Å². The molecule has 2 N–H and O–H groups in total. The molecule has 1 aromatic carbocycles. The summed E-state index contributed by atoms with van der Waals surface area (Å²) >= 11 is 0. The molecule has 1 aromatic rings. The number of nitrogens with zero attached hydrogens (tertiary/aromatic N) is 2. The molecular formula is C16H24N4O. The summed E-state index contributed by atoms with van der Waals surface area (Å²) in [5.41, 5.74) is 2.04. The third-order valence-corrected chi connectivity index (χ3v) is 4.39. The standard InChI is InChI=1S/C16H24N4O/c1-13-3-2-4-14(11-13)18-16(21)20-8-5-15(12-20)19-9-6-17-7-10-19/h2-4,11,15,17H,5-10,12H2,1H3,(H,18,21). The largest absolute Gasteiger partial charge is 0.323 e. The van der Waals surface area contributed by atoms with Crippen LogP contribution in [0.5, 0.6) is 0 Å². The molecule has 2 fully saturated rings. The lowest BCUT2D eigenvalue weighted by molar-refractivity contribution is 0.172. The minimum atomic E-state index is 0.0261. The van der Waals surface area contributed by atoms with E-state index >= 15 is 0 Å². The maximum atomic E-state index is 12.3. The number of carbonyl (C=O) groups is 1. The second kappa shape index (κ2) is 6.45. The van der Waals surface area contributed by atoms with Crippen LogP contribution >= 0.6 is 0 Å². The number of piperazine rings is 1. The number of aryl methyl sites for hydroxylation is 1. The molecule has 1 unspecified atom stereocenters. The number of anilines is 1. The Hall–Kier alpha value is -1.59. The maximum Gasteiger partial charge on any atom is 0.321 e. The van der Waals surface area contributed by atoms with Crippen LogP contribution in [0.1, 0.15) is 12.0 Å². The Balaban J connectivity index is 1.54. The molecule has 5 nitrogen and oxygen atoms in total. The summed E-state index contributed by atoms with van der Waals surface area (Å²) < 4.78 is 0. The number of urea groups is 1. The van der Waals surface area contributed by atoms with Crippen LogP contribution in [0, 0.1) is 6.92 Å². The monoisotopic (exact) mass is 288 g/mol. The van der Waals surface area contributed by atoms with Gasteiger partial charge in [0, 0.05) is 51.0 Å². The first kappa shape index (κ1) is 14.4. The molecule has 21 heavy (non-hydrogen) atoms. The van der Waals surface area contributed by atoms with Crippen molar-refractivity contribution in [3.63, 3.8) is 0 Å². The molecule has 0 bridgehead atoms. The van der Waals surface area contributed by atoms with Crippen LogP contribution in [0.15, 0.2) is 24.3 Å². The van der Waals surface area contributed by atoms with Gasteiger partial charge < -0.3 is 15.5 Å². The number of nitrogens with one attached hydrogen (secondary N) is 2. The van der Waals surface area contributed by atoms with Gasteiger partial charge in [0.25, 0.3) is 0 Å². The lowest BCUT2D eigenvalue weighted by Gasteiger charge is -2.32. The van der Waals surface area contributed by atoms with E-state index in [1.54, 1.807) is 0 Å². The van der Waals surface area contributed by atoms with Crippen molar-refractivity contribution in [1.29, 1.82) is 0 Å². The number of benzene rings is 1. The van der Waals surface area contributed by atoms with Gasteiger partial charge in [0.05, 0.1) is 0 Å². The number of likely N-dealkylation sites (tertiary alicyclic amines) is 1. The highest BCUT2D eigenvalue weighted by atomic mass is 16.2. The molecule has 0 spiro atoms. The van der Waals surface area contributed by atoms with Crippen LogP contribution in [0.25, 0.3) is 0 Å². The number of hydrogen-bond acceptors (Lipinski definition) is 3. The third kappa shape index (κ3) is 3.54. The first-order valence-electron chi connectivity index (χ1n) is 7.80. The molecule has 2 aliphatic rings. The summed E-state index contributed by atoms with van der Waals surface area (Å²) in [5, 5.41) is 6.38. The van der Waals surface area contributed by atoms with E-state index in [2.05, 4.69) is 15.5 Å². The average Bonchev–Trinajstić information content (AvgIpc) is 2.98. The van der Waals surface area contributed by atoms with Gasteiger partial charge in [-0.15, -0.1) is 0 Å². The van der Waals surface area contributed by atoms with Gasteiger partial charge in [-0.05, 0) is 31.0 Å². The van der Waals surface area contributed by atoms with Gasteiger partial charge in [0.2, 0.25) is 0 Å². The van der Waals surface area contributed by atoms with E-state index in [0.29, 0.717) is 6.04 Å². The molecule has 0 aromatic heterocycles. The van der Waals surface area contributed by atoms with Gasteiger partial charge in [-0.2, -0.15) is 0 Å². The molecule has 0 saturated carbocycles. The minimum Gasteiger partial charge on any atom is -0.323 e. The molecule has 2 heterocycles. The second-order valence-corrected chi connectivity index (χ2v) is 5.97. The smallest absolute Gasteiger partial charge is 0.321 e. The molecule has 114 valence electrons. The second-order valence-electron chi connectivity index (χ2n) is 5.97. The normalized spacial score (nSPS) is 23.3. The highest BCUT2D eigenvalue weighted by molar-refractivity contribution is 5.89. The lowest BCUT2D eigenvalue weighted by Crippen LogP contribution is -2.49. The highest BCUT2D eigenvalue weighted by Crippen LogP contribution is 2.18. The summed E-state index contributed by atoms with van der Waals surface area (Å²) in [5.74, 6) is 0. The van der Waals surface area contributed by atoms with Gasteiger partial charge in [-0.3, -0.25) is 4.90 Å². The number of carbonyl (C=O) groups excluding carboxylic acids is 1. The first-order chi connectivity index (χ1) is 10.2. The summed E-state index contributed by atoms with van der Waals surface area (Å²) in [6.45, 7) is 8.05. The highest BCUT2D eigenvalue weighted by Gasteiger charge is 2.30. The first-order valence-corrected chi connectivity index (χ1v) is 7.80. The van der Waals surface area contributed by atoms with Crippen molar-refractivity contribution < 1.29 is 4.79 Å². The number of amides is 2. The Kier molecular flexibility index (Phi) is 4.41. The van der Waals surface area contributed by atoms with Gasteiger partial charge in [-0.25, -0.2) is 4.79 Å². The predicted octanol–water partition coefficient (Wildman–Crippen LogP) is 1.51. The Bertz CT molecular complexity index is 499. The van der Waals surface area contributed by atoms with Crippen LogP contribution in [0.3, 0.4) is 0 Å². The Labute approximate surface area is 126 Å². The van der Waals surface area contributed by atoms with E-state index in [1.807, 2.05) is 36.1 Å². The van der Waals surface area contributed by atoms with E-state index in [-0.39, 0.29) is 6.03 Å². The van der Waals surface area contributed by atoms with Crippen molar-refractivity contribution in [2.75, 3.05) is 44.6 Å². The maximum absolute atomic E-state index is 12.3. The molecule has 2 aliphatic heterocycles. The van der Waals surface area contributed by atoms with Crippen molar-refractivity contribution in [2.45, 2.75) is 19.4 Å². The third-order valence-electron chi connectivity index (χ3n) is 4.39. The Morgan fingerprint density at radius 1 is 1.29 bits per heavy atom. The topological polar surface area (TPSA) is 47.6 Å². The predicted molar refractivity (Wildman–Crippen MR) is 84.6 cm³/mol. The molecular weight excluding hydrogens is 264 g/mol. The SMILES string of the molecule is Cc1cccc(NC(=O)N2CCC(N3CCNCC3)C2)c1. The van der Waals surface area contributed by atoms with E-state index in [9.17, 15) is 4.79 Å².